The smallest absolute Gasteiger partial charge is 0.330 e. The van der Waals surface area contributed by atoms with Crippen LogP contribution in [0.5, 0.6) is 0 Å². The number of benzene rings is 1. The summed E-state index contributed by atoms with van der Waals surface area (Å²) in [7, 11) is 0. The van der Waals surface area contributed by atoms with Crippen LogP contribution in [0.15, 0.2) is 30.3 Å². The lowest BCUT2D eigenvalue weighted by atomic mass is 10.0. The Balaban J connectivity index is 1.85. The molecule has 0 amide bonds. The topological polar surface area (TPSA) is 26.3 Å². The van der Waals surface area contributed by atoms with Crippen LogP contribution in [0.25, 0.3) is 6.08 Å². The van der Waals surface area contributed by atoms with Gasteiger partial charge in [-0.2, -0.15) is 0 Å². The maximum atomic E-state index is 11.4. The van der Waals surface area contributed by atoms with Gasteiger partial charge in [-0.05, 0) is 41.9 Å². The first-order chi connectivity index (χ1) is 8.65. The van der Waals surface area contributed by atoms with Gasteiger partial charge < -0.3 is 4.74 Å². The van der Waals surface area contributed by atoms with E-state index in [9.17, 15) is 4.79 Å². The highest BCUT2D eigenvalue weighted by atomic mass is 16.5. The zero-order valence-electron chi connectivity index (χ0n) is 11.1. The first-order valence-electron chi connectivity index (χ1n) is 6.60. The van der Waals surface area contributed by atoms with Gasteiger partial charge in [0.25, 0.3) is 0 Å². The summed E-state index contributed by atoms with van der Waals surface area (Å²) in [6, 6.07) is 8.25. The van der Waals surface area contributed by atoms with Crippen LogP contribution in [0, 0.1) is 5.92 Å². The molecule has 96 valence electrons. The first-order valence-corrected chi connectivity index (χ1v) is 6.60. The SMILES string of the molecule is CC(C)c1ccc(/C=C/C(=O)OCC2CC2)cc1. The summed E-state index contributed by atoms with van der Waals surface area (Å²) in [4.78, 5) is 11.4. The number of hydrogen-bond acceptors (Lipinski definition) is 2. The Morgan fingerprint density at radius 2 is 2.00 bits per heavy atom. The molecule has 0 N–H and O–H groups in total. The van der Waals surface area contributed by atoms with Crippen LogP contribution in [0.2, 0.25) is 0 Å². The summed E-state index contributed by atoms with van der Waals surface area (Å²) < 4.78 is 5.12. The molecule has 1 aliphatic carbocycles. The predicted octanol–water partition coefficient (Wildman–Crippen LogP) is 3.78. The molecule has 0 unspecified atom stereocenters. The Morgan fingerprint density at radius 1 is 1.33 bits per heavy atom. The molecule has 1 aromatic rings. The second-order valence-electron chi connectivity index (χ2n) is 5.23. The highest BCUT2D eigenvalue weighted by Crippen LogP contribution is 2.28. The lowest BCUT2D eigenvalue weighted by molar-refractivity contribution is -0.138. The summed E-state index contributed by atoms with van der Waals surface area (Å²) in [5.41, 5.74) is 2.34. The second kappa shape index (κ2) is 5.85. The summed E-state index contributed by atoms with van der Waals surface area (Å²) in [6.07, 6.45) is 5.72. The van der Waals surface area contributed by atoms with Crippen molar-refractivity contribution in [2.75, 3.05) is 6.61 Å². The summed E-state index contributed by atoms with van der Waals surface area (Å²) >= 11 is 0. The molecule has 0 spiro atoms. The van der Waals surface area contributed by atoms with Crippen molar-refractivity contribution in [3.8, 4) is 0 Å². The molecular formula is C16H20O2. The fraction of sp³-hybridized carbons (Fsp3) is 0.438. The van der Waals surface area contributed by atoms with Crippen molar-refractivity contribution in [1.29, 1.82) is 0 Å². The normalized spacial score (nSPS) is 15.3. The summed E-state index contributed by atoms with van der Waals surface area (Å²) in [5, 5.41) is 0. The predicted molar refractivity (Wildman–Crippen MR) is 73.2 cm³/mol. The largest absolute Gasteiger partial charge is 0.462 e. The molecule has 2 heteroatoms. The third-order valence-corrected chi connectivity index (χ3v) is 3.17. The molecule has 1 aromatic carbocycles. The molecule has 18 heavy (non-hydrogen) atoms. The lowest BCUT2D eigenvalue weighted by Gasteiger charge is -2.04. The average Bonchev–Trinajstić information content (AvgIpc) is 3.18. The molecule has 0 aromatic heterocycles. The molecule has 2 nitrogen and oxygen atoms in total. The Morgan fingerprint density at radius 3 is 2.56 bits per heavy atom. The van der Waals surface area contributed by atoms with Crippen molar-refractivity contribution < 1.29 is 9.53 Å². The maximum absolute atomic E-state index is 11.4. The lowest BCUT2D eigenvalue weighted by Crippen LogP contribution is -2.03. The number of ether oxygens (including phenoxy) is 1. The van der Waals surface area contributed by atoms with Crippen molar-refractivity contribution >= 4 is 12.0 Å². The van der Waals surface area contributed by atoms with Crippen LogP contribution in [-0.4, -0.2) is 12.6 Å². The van der Waals surface area contributed by atoms with Crippen LogP contribution >= 0.6 is 0 Å². The Hall–Kier alpha value is -1.57. The number of carbonyl (C=O) groups excluding carboxylic acids is 1. The van der Waals surface area contributed by atoms with Crippen LogP contribution in [0.1, 0.15) is 43.7 Å². The van der Waals surface area contributed by atoms with Gasteiger partial charge in [0.1, 0.15) is 0 Å². The van der Waals surface area contributed by atoms with Crippen molar-refractivity contribution in [2.24, 2.45) is 5.92 Å². The van der Waals surface area contributed by atoms with Gasteiger partial charge in [-0.15, -0.1) is 0 Å². The first kappa shape index (κ1) is 12.9. The molecule has 0 atom stereocenters. The molecule has 0 heterocycles. The Labute approximate surface area is 109 Å². The van der Waals surface area contributed by atoms with Crippen LogP contribution in [-0.2, 0) is 9.53 Å². The van der Waals surface area contributed by atoms with Gasteiger partial charge in [-0.1, -0.05) is 38.1 Å². The van der Waals surface area contributed by atoms with Crippen molar-refractivity contribution in [1.82, 2.24) is 0 Å². The van der Waals surface area contributed by atoms with E-state index in [1.54, 1.807) is 6.08 Å². The average molecular weight is 244 g/mol. The number of rotatable bonds is 5. The number of carbonyl (C=O) groups is 1. The van der Waals surface area contributed by atoms with E-state index >= 15 is 0 Å². The van der Waals surface area contributed by atoms with Gasteiger partial charge in [0.05, 0.1) is 6.61 Å². The zero-order valence-corrected chi connectivity index (χ0v) is 11.1. The van der Waals surface area contributed by atoms with Gasteiger partial charge >= 0.3 is 5.97 Å². The molecule has 0 aliphatic heterocycles. The van der Waals surface area contributed by atoms with Gasteiger partial charge in [-0.3, -0.25) is 0 Å². The van der Waals surface area contributed by atoms with Gasteiger partial charge in [0.2, 0.25) is 0 Å². The third-order valence-electron chi connectivity index (χ3n) is 3.17. The molecule has 1 saturated carbocycles. The molecule has 1 fully saturated rings. The number of esters is 1. The fourth-order valence-corrected chi connectivity index (χ4v) is 1.69. The van der Waals surface area contributed by atoms with E-state index in [-0.39, 0.29) is 5.97 Å². The second-order valence-corrected chi connectivity index (χ2v) is 5.23. The van der Waals surface area contributed by atoms with E-state index in [0.717, 1.165) is 5.56 Å². The van der Waals surface area contributed by atoms with Gasteiger partial charge in [-0.25, -0.2) is 4.79 Å². The van der Waals surface area contributed by atoms with E-state index in [1.165, 1.54) is 24.5 Å². The van der Waals surface area contributed by atoms with E-state index in [1.807, 2.05) is 12.1 Å². The van der Waals surface area contributed by atoms with Gasteiger partial charge in [0, 0.05) is 6.08 Å². The quantitative estimate of drug-likeness (QED) is 0.582. The minimum absolute atomic E-state index is 0.241. The molecular weight excluding hydrogens is 224 g/mol. The summed E-state index contributed by atoms with van der Waals surface area (Å²) in [6.45, 7) is 4.91. The van der Waals surface area contributed by atoms with Crippen molar-refractivity contribution in [3.05, 3.63) is 41.5 Å². The Bertz CT molecular complexity index is 425. The van der Waals surface area contributed by atoms with Gasteiger partial charge in [0.15, 0.2) is 0 Å². The van der Waals surface area contributed by atoms with Crippen LogP contribution in [0.4, 0.5) is 0 Å². The third kappa shape index (κ3) is 4.02. The van der Waals surface area contributed by atoms with Crippen LogP contribution < -0.4 is 0 Å². The van der Waals surface area contributed by atoms with Crippen molar-refractivity contribution in [2.45, 2.75) is 32.6 Å². The van der Waals surface area contributed by atoms with E-state index in [0.29, 0.717) is 18.4 Å². The molecule has 0 radical (unpaired) electrons. The van der Waals surface area contributed by atoms with Crippen LogP contribution in [0.3, 0.4) is 0 Å². The van der Waals surface area contributed by atoms with E-state index < -0.39 is 0 Å². The minimum atomic E-state index is -0.241. The number of hydrogen-bond donors (Lipinski definition) is 0. The standard InChI is InChI=1S/C16H20O2/c1-12(2)15-8-5-13(6-9-15)7-10-16(17)18-11-14-3-4-14/h5-10,12,14H,3-4,11H2,1-2H3/b10-7+. The zero-order chi connectivity index (χ0) is 13.0. The fourth-order valence-electron chi connectivity index (χ4n) is 1.69. The highest BCUT2D eigenvalue weighted by molar-refractivity contribution is 5.87. The molecule has 0 bridgehead atoms. The van der Waals surface area contributed by atoms with E-state index in [4.69, 9.17) is 4.74 Å². The van der Waals surface area contributed by atoms with E-state index in [2.05, 4.69) is 26.0 Å². The maximum Gasteiger partial charge on any atom is 0.330 e. The Kier molecular flexibility index (Phi) is 4.19. The minimum Gasteiger partial charge on any atom is -0.462 e. The molecule has 2 rings (SSSR count). The summed E-state index contributed by atoms with van der Waals surface area (Å²) in [5.74, 6) is 0.911. The molecule has 1 aliphatic rings. The highest BCUT2D eigenvalue weighted by Gasteiger charge is 2.22. The van der Waals surface area contributed by atoms with Crippen molar-refractivity contribution in [3.63, 3.8) is 0 Å². The monoisotopic (exact) mass is 244 g/mol. The molecule has 0 saturated heterocycles.